The van der Waals surface area contributed by atoms with E-state index >= 15 is 0 Å². The van der Waals surface area contributed by atoms with Crippen molar-refractivity contribution >= 4 is 23.3 Å². The predicted octanol–water partition coefficient (Wildman–Crippen LogP) is 3.62. The van der Waals surface area contributed by atoms with Gasteiger partial charge in [-0.2, -0.15) is 0 Å². The molecule has 2 aromatic rings. The Morgan fingerprint density at radius 2 is 1.74 bits per heavy atom. The standard InChI is InChI=1S/C17H20N2O3S/c1-17(2,3)14-10-9-13(23-14)15(20)18-19-16(21)22-11-12-7-5-4-6-8-12/h4-10H,11H2,1-3H3,(H,18,20)(H,19,21). The van der Waals surface area contributed by atoms with Crippen LogP contribution in [0.2, 0.25) is 0 Å². The van der Waals surface area contributed by atoms with Crippen molar-refractivity contribution in [1.29, 1.82) is 0 Å². The summed E-state index contributed by atoms with van der Waals surface area (Å²) in [7, 11) is 0. The quantitative estimate of drug-likeness (QED) is 0.844. The maximum Gasteiger partial charge on any atom is 0.426 e. The third-order valence-electron chi connectivity index (χ3n) is 3.06. The molecule has 0 aliphatic rings. The molecular formula is C17H20N2O3S. The molecule has 122 valence electrons. The molecule has 2 rings (SSSR count). The van der Waals surface area contributed by atoms with E-state index in [0.717, 1.165) is 10.4 Å². The third-order valence-corrected chi connectivity index (χ3v) is 4.57. The van der Waals surface area contributed by atoms with E-state index in [2.05, 4.69) is 31.6 Å². The van der Waals surface area contributed by atoms with Crippen molar-refractivity contribution in [3.05, 3.63) is 57.8 Å². The van der Waals surface area contributed by atoms with Crippen molar-refractivity contribution in [2.24, 2.45) is 0 Å². The molecule has 0 radical (unpaired) electrons. The zero-order valence-corrected chi connectivity index (χ0v) is 14.2. The van der Waals surface area contributed by atoms with Crippen LogP contribution in [0.25, 0.3) is 0 Å². The van der Waals surface area contributed by atoms with Crippen molar-refractivity contribution in [3.8, 4) is 0 Å². The Kier molecular flexibility index (Phi) is 5.39. The number of rotatable bonds is 3. The van der Waals surface area contributed by atoms with Gasteiger partial charge >= 0.3 is 6.09 Å². The summed E-state index contributed by atoms with van der Waals surface area (Å²) in [6.45, 7) is 6.40. The van der Waals surface area contributed by atoms with Gasteiger partial charge in [0.1, 0.15) is 6.61 Å². The summed E-state index contributed by atoms with van der Waals surface area (Å²) < 4.78 is 5.01. The second kappa shape index (κ2) is 7.28. The van der Waals surface area contributed by atoms with Crippen molar-refractivity contribution in [3.63, 3.8) is 0 Å². The summed E-state index contributed by atoms with van der Waals surface area (Å²) in [5.41, 5.74) is 5.46. The Morgan fingerprint density at radius 3 is 2.35 bits per heavy atom. The molecule has 1 aromatic heterocycles. The highest BCUT2D eigenvalue weighted by molar-refractivity contribution is 7.14. The van der Waals surface area contributed by atoms with Crippen molar-refractivity contribution in [1.82, 2.24) is 10.9 Å². The Morgan fingerprint density at radius 1 is 1.04 bits per heavy atom. The van der Waals surface area contributed by atoms with E-state index in [1.54, 1.807) is 6.07 Å². The maximum atomic E-state index is 12.0. The number of ether oxygens (including phenoxy) is 1. The zero-order valence-electron chi connectivity index (χ0n) is 13.4. The highest BCUT2D eigenvalue weighted by Crippen LogP contribution is 2.29. The fourth-order valence-corrected chi connectivity index (χ4v) is 2.75. The molecule has 23 heavy (non-hydrogen) atoms. The Hall–Kier alpha value is -2.34. The molecule has 0 fully saturated rings. The second-order valence-electron chi connectivity index (χ2n) is 6.05. The fraction of sp³-hybridized carbons (Fsp3) is 0.294. The first kappa shape index (κ1) is 17.0. The van der Waals surface area contributed by atoms with Crippen LogP contribution < -0.4 is 10.9 Å². The SMILES string of the molecule is CC(C)(C)c1ccc(C(=O)NNC(=O)OCc2ccccc2)s1. The van der Waals surface area contributed by atoms with Gasteiger partial charge in [0.25, 0.3) is 5.91 Å². The molecular weight excluding hydrogens is 312 g/mol. The first-order valence-electron chi connectivity index (χ1n) is 7.23. The van der Waals surface area contributed by atoms with Gasteiger partial charge in [-0.15, -0.1) is 11.3 Å². The lowest BCUT2D eigenvalue weighted by Crippen LogP contribution is -2.41. The fourth-order valence-electron chi connectivity index (χ4n) is 1.79. The van der Waals surface area contributed by atoms with Gasteiger partial charge in [0.05, 0.1) is 4.88 Å². The van der Waals surface area contributed by atoms with Crippen LogP contribution >= 0.6 is 11.3 Å². The number of carbonyl (C=O) groups excluding carboxylic acids is 2. The number of benzene rings is 1. The predicted molar refractivity (Wildman–Crippen MR) is 90.2 cm³/mol. The first-order chi connectivity index (χ1) is 10.9. The highest BCUT2D eigenvalue weighted by atomic mass is 32.1. The normalized spacial score (nSPS) is 10.9. The molecule has 0 saturated heterocycles. The van der Waals surface area contributed by atoms with Gasteiger partial charge in [-0.1, -0.05) is 51.1 Å². The van der Waals surface area contributed by atoms with E-state index < -0.39 is 6.09 Å². The smallest absolute Gasteiger partial charge is 0.426 e. The van der Waals surface area contributed by atoms with E-state index in [1.165, 1.54) is 11.3 Å². The number of carbonyl (C=O) groups is 2. The summed E-state index contributed by atoms with van der Waals surface area (Å²) in [4.78, 5) is 25.2. The molecule has 1 aromatic carbocycles. The minimum absolute atomic E-state index is 0.00869. The van der Waals surface area contributed by atoms with Crippen LogP contribution in [-0.2, 0) is 16.8 Å². The van der Waals surface area contributed by atoms with Gasteiger partial charge in [0.15, 0.2) is 0 Å². The average Bonchev–Trinajstić information content (AvgIpc) is 3.02. The van der Waals surface area contributed by atoms with E-state index in [4.69, 9.17) is 4.74 Å². The van der Waals surface area contributed by atoms with Gasteiger partial charge < -0.3 is 4.74 Å². The molecule has 0 aliphatic heterocycles. The number of amides is 2. The molecule has 0 unspecified atom stereocenters. The topological polar surface area (TPSA) is 67.4 Å². The van der Waals surface area contributed by atoms with Crippen LogP contribution in [-0.4, -0.2) is 12.0 Å². The van der Waals surface area contributed by atoms with E-state index in [9.17, 15) is 9.59 Å². The molecule has 0 aliphatic carbocycles. The van der Waals surface area contributed by atoms with Gasteiger partial charge in [-0.25, -0.2) is 10.2 Å². The molecule has 2 N–H and O–H groups in total. The van der Waals surface area contributed by atoms with Crippen LogP contribution in [0.1, 0.15) is 40.9 Å². The lowest BCUT2D eigenvalue weighted by Gasteiger charge is -2.15. The van der Waals surface area contributed by atoms with Gasteiger partial charge in [-0.3, -0.25) is 10.2 Å². The van der Waals surface area contributed by atoms with Crippen LogP contribution in [0.3, 0.4) is 0 Å². The number of thiophene rings is 1. The first-order valence-corrected chi connectivity index (χ1v) is 8.05. The van der Waals surface area contributed by atoms with Crippen LogP contribution in [0, 0.1) is 0 Å². The highest BCUT2D eigenvalue weighted by Gasteiger charge is 2.18. The molecule has 0 spiro atoms. The lowest BCUT2D eigenvalue weighted by molar-refractivity contribution is 0.0909. The zero-order chi connectivity index (χ0) is 16.9. The minimum Gasteiger partial charge on any atom is -0.443 e. The number of hydrogen-bond acceptors (Lipinski definition) is 4. The molecule has 5 nitrogen and oxygen atoms in total. The maximum absolute atomic E-state index is 12.0. The largest absolute Gasteiger partial charge is 0.443 e. The van der Waals surface area contributed by atoms with Crippen LogP contribution in [0.5, 0.6) is 0 Å². The van der Waals surface area contributed by atoms with Crippen molar-refractivity contribution in [2.75, 3.05) is 0 Å². The number of nitrogens with one attached hydrogen (secondary N) is 2. The molecule has 2 amide bonds. The Balaban J connectivity index is 1.80. The van der Waals surface area contributed by atoms with Gasteiger partial charge in [0, 0.05) is 4.88 Å². The molecule has 1 heterocycles. The average molecular weight is 332 g/mol. The van der Waals surface area contributed by atoms with Crippen LogP contribution in [0.4, 0.5) is 4.79 Å². The number of hydrazine groups is 1. The van der Waals surface area contributed by atoms with Gasteiger partial charge in [-0.05, 0) is 23.1 Å². The third kappa shape index (κ3) is 5.10. The summed E-state index contributed by atoms with van der Waals surface area (Å²) >= 11 is 1.41. The van der Waals surface area contributed by atoms with E-state index in [0.29, 0.717) is 4.88 Å². The Bertz CT molecular complexity index is 675. The monoisotopic (exact) mass is 332 g/mol. The van der Waals surface area contributed by atoms with Crippen molar-refractivity contribution < 1.29 is 14.3 Å². The molecule has 0 atom stereocenters. The number of hydrogen-bond donors (Lipinski definition) is 2. The molecule has 0 bridgehead atoms. The molecule has 0 saturated carbocycles. The minimum atomic E-state index is -0.699. The summed E-state index contributed by atoms with van der Waals surface area (Å²) in [5, 5.41) is 0. The lowest BCUT2D eigenvalue weighted by atomic mass is 9.95. The van der Waals surface area contributed by atoms with E-state index in [-0.39, 0.29) is 17.9 Å². The second-order valence-corrected chi connectivity index (χ2v) is 7.14. The molecule has 6 heteroatoms. The Labute approximate surface area is 139 Å². The summed E-state index contributed by atoms with van der Waals surface area (Å²) in [5.74, 6) is -0.359. The van der Waals surface area contributed by atoms with Gasteiger partial charge in [0.2, 0.25) is 0 Å². The van der Waals surface area contributed by atoms with Crippen molar-refractivity contribution in [2.45, 2.75) is 32.8 Å². The van der Waals surface area contributed by atoms with E-state index in [1.807, 2.05) is 36.4 Å². The summed E-state index contributed by atoms with van der Waals surface area (Å²) in [6.07, 6.45) is -0.699. The summed E-state index contributed by atoms with van der Waals surface area (Å²) in [6, 6.07) is 13.0. The van der Waals surface area contributed by atoms with Crippen LogP contribution in [0.15, 0.2) is 42.5 Å².